The molecule has 0 saturated carbocycles. The molecule has 0 aliphatic carbocycles. The summed E-state index contributed by atoms with van der Waals surface area (Å²) in [6.45, 7) is 2.39. The Bertz CT molecular complexity index is 1130. The lowest BCUT2D eigenvalue weighted by molar-refractivity contribution is -0.380. The normalized spacial score (nSPS) is 45.0. The number of rotatable bonds is 12. The fraction of sp³-hybridized carbons (Fsp3) is 0.893. The van der Waals surface area contributed by atoms with Crippen molar-refractivity contribution in [2.75, 3.05) is 26.9 Å². The molecule has 0 aromatic heterocycles. The standard InChI is InChI=1S/C28H45NO20/c1-8(31)14-19(11(34)5-29-14)46-27-18(38)22(41-4)20(12(6-30)45-27)47-28-24(21(44-10(3)33)13(7-42-28)43-9(2)32)49-26-17(37)15(35)16(36)23(48-26)25(39)40/h8,11-24,26-31,34-38H,5-7H2,1-4H3,(H,39,40)/t8-,11+,12-,13+,14-,15+,16+,17-,18-,19+,20-,21+,22-,23+,24-,26-,27-,28-/m1/s1. The molecule has 0 aromatic rings. The molecule has 21 nitrogen and oxygen atoms in total. The number of esters is 2. The molecule has 21 heteroatoms. The van der Waals surface area contributed by atoms with Crippen molar-refractivity contribution in [2.45, 2.75) is 131 Å². The number of carboxylic acid groups (broad SMARTS) is 1. The number of hydrogen-bond acceptors (Lipinski definition) is 20. The maximum absolute atomic E-state index is 12.2. The molecule has 4 heterocycles. The third-order valence-corrected chi connectivity index (χ3v) is 8.57. The zero-order valence-corrected chi connectivity index (χ0v) is 27.0. The average molecular weight is 716 g/mol. The van der Waals surface area contributed by atoms with Crippen LogP contribution in [0.4, 0.5) is 0 Å². The molecule has 4 aliphatic heterocycles. The predicted octanol–water partition coefficient (Wildman–Crippen LogP) is -5.94. The van der Waals surface area contributed by atoms with Crippen LogP contribution in [0.15, 0.2) is 0 Å². The maximum Gasteiger partial charge on any atom is 0.335 e. The number of methoxy groups -OCH3 is 1. The van der Waals surface area contributed by atoms with Gasteiger partial charge in [0.25, 0.3) is 0 Å². The second-order valence-electron chi connectivity index (χ2n) is 12.1. The van der Waals surface area contributed by atoms with E-state index in [1.807, 2.05) is 0 Å². The topological polar surface area (TPSA) is 308 Å². The molecular formula is C28H45NO20. The van der Waals surface area contributed by atoms with Gasteiger partial charge in [-0.25, -0.2) is 4.79 Å². The molecule has 0 amide bonds. The number of β-amino-alcohol motifs (C(OH)–C–C–N with tert-alkyl or cyclic N) is 1. The fourth-order valence-electron chi connectivity index (χ4n) is 6.22. The van der Waals surface area contributed by atoms with Crippen molar-refractivity contribution in [3.8, 4) is 0 Å². The number of carbonyl (C=O) groups is 3. The van der Waals surface area contributed by atoms with Gasteiger partial charge in [0.15, 0.2) is 43.3 Å². The second-order valence-corrected chi connectivity index (χ2v) is 12.1. The van der Waals surface area contributed by atoms with Crippen molar-refractivity contribution in [1.82, 2.24) is 5.32 Å². The van der Waals surface area contributed by atoms with E-state index >= 15 is 0 Å². The summed E-state index contributed by atoms with van der Waals surface area (Å²) in [6, 6.07) is -0.733. The average Bonchev–Trinajstić information content (AvgIpc) is 3.40. The first-order valence-electron chi connectivity index (χ1n) is 15.5. The van der Waals surface area contributed by atoms with Crippen LogP contribution in [0.5, 0.6) is 0 Å². The van der Waals surface area contributed by atoms with Gasteiger partial charge < -0.3 is 88.8 Å². The van der Waals surface area contributed by atoms with Crippen LogP contribution in [-0.2, 0) is 57.0 Å². The van der Waals surface area contributed by atoms with Gasteiger partial charge in [0.2, 0.25) is 0 Å². The van der Waals surface area contributed by atoms with E-state index in [1.165, 1.54) is 14.0 Å². The Morgan fingerprint density at radius 3 is 1.98 bits per heavy atom. The van der Waals surface area contributed by atoms with Crippen molar-refractivity contribution in [3.63, 3.8) is 0 Å². The first-order chi connectivity index (χ1) is 23.1. The Morgan fingerprint density at radius 2 is 1.41 bits per heavy atom. The summed E-state index contributed by atoms with van der Waals surface area (Å²) in [4.78, 5) is 35.8. The number of aliphatic hydroxyl groups is 7. The minimum atomic E-state index is -2.09. The van der Waals surface area contributed by atoms with Gasteiger partial charge in [-0.15, -0.1) is 0 Å². The van der Waals surface area contributed by atoms with Crippen LogP contribution in [0.2, 0.25) is 0 Å². The molecule has 0 aromatic carbocycles. The summed E-state index contributed by atoms with van der Waals surface area (Å²) < 4.78 is 50.8. The number of carboxylic acids is 1. The lowest BCUT2D eigenvalue weighted by Gasteiger charge is -2.48. The molecule has 0 unspecified atom stereocenters. The molecular weight excluding hydrogens is 670 g/mol. The highest BCUT2D eigenvalue weighted by Gasteiger charge is 2.56. The van der Waals surface area contributed by atoms with E-state index in [4.69, 9.17) is 42.6 Å². The van der Waals surface area contributed by atoms with Crippen molar-refractivity contribution >= 4 is 17.9 Å². The maximum atomic E-state index is 12.2. The molecule has 282 valence electrons. The molecule has 0 spiro atoms. The highest BCUT2D eigenvalue weighted by molar-refractivity contribution is 5.73. The van der Waals surface area contributed by atoms with Gasteiger partial charge in [0, 0.05) is 27.5 Å². The molecule has 4 fully saturated rings. The monoisotopic (exact) mass is 715 g/mol. The van der Waals surface area contributed by atoms with Gasteiger partial charge in [-0.1, -0.05) is 0 Å². The Morgan fingerprint density at radius 1 is 0.796 bits per heavy atom. The van der Waals surface area contributed by atoms with Crippen molar-refractivity contribution in [1.29, 1.82) is 0 Å². The van der Waals surface area contributed by atoms with E-state index in [0.29, 0.717) is 0 Å². The number of nitrogens with one attached hydrogen (secondary N) is 1. The van der Waals surface area contributed by atoms with E-state index in [-0.39, 0.29) is 6.54 Å². The van der Waals surface area contributed by atoms with E-state index in [0.717, 1.165) is 13.8 Å². The second kappa shape index (κ2) is 16.9. The fourth-order valence-corrected chi connectivity index (χ4v) is 6.22. The number of hydrogen-bond donors (Lipinski definition) is 9. The molecule has 4 saturated heterocycles. The lowest BCUT2D eigenvalue weighted by atomic mass is 9.97. The van der Waals surface area contributed by atoms with Crippen LogP contribution in [0.3, 0.4) is 0 Å². The SMILES string of the molecule is CO[C@@H]1[C@@H](O)[C@@H](O[C@@H]2[C@@H]([C@@H](C)O)NC[C@@H]2O)O[C@H](CO)[C@H]1O[C@H]1OC[C@H](OC(C)=O)[C@H](OC(C)=O)[C@H]1O[C@H]1O[C@H](C(=O)O)[C@@H](O)[C@H](O)[C@H]1O. The summed E-state index contributed by atoms with van der Waals surface area (Å²) in [5.74, 6) is -3.44. The minimum Gasteiger partial charge on any atom is -0.479 e. The first-order valence-corrected chi connectivity index (χ1v) is 15.5. The van der Waals surface area contributed by atoms with E-state index in [1.54, 1.807) is 0 Å². The van der Waals surface area contributed by atoms with Gasteiger partial charge in [-0.2, -0.15) is 0 Å². The summed E-state index contributed by atoms with van der Waals surface area (Å²) in [7, 11) is 1.20. The van der Waals surface area contributed by atoms with Crippen LogP contribution < -0.4 is 5.32 Å². The van der Waals surface area contributed by atoms with Crippen LogP contribution in [0.25, 0.3) is 0 Å². The van der Waals surface area contributed by atoms with Gasteiger partial charge in [-0.3, -0.25) is 9.59 Å². The molecule has 4 aliphatic rings. The smallest absolute Gasteiger partial charge is 0.335 e. The minimum absolute atomic E-state index is 0.0762. The molecule has 0 radical (unpaired) electrons. The van der Waals surface area contributed by atoms with Crippen LogP contribution in [-0.4, -0.2) is 196 Å². The highest BCUT2D eigenvalue weighted by Crippen LogP contribution is 2.35. The van der Waals surface area contributed by atoms with Gasteiger partial charge >= 0.3 is 17.9 Å². The van der Waals surface area contributed by atoms with Crippen LogP contribution in [0, 0.1) is 0 Å². The van der Waals surface area contributed by atoms with Gasteiger partial charge in [0.05, 0.1) is 31.5 Å². The van der Waals surface area contributed by atoms with Gasteiger partial charge in [0.1, 0.15) is 48.8 Å². The Hall–Kier alpha value is -2.19. The van der Waals surface area contributed by atoms with Gasteiger partial charge in [-0.05, 0) is 6.92 Å². The number of ether oxygens (including phenoxy) is 9. The summed E-state index contributed by atoms with van der Waals surface area (Å²) >= 11 is 0. The third-order valence-electron chi connectivity index (χ3n) is 8.57. The van der Waals surface area contributed by atoms with E-state index in [9.17, 15) is 55.2 Å². The van der Waals surface area contributed by atoms with E-state index < -0.39 is 141 Å². The van der Waals surface area contributed by atoms with E-state index in [2.05, 4.69) is 5.32 Å². The zero-order chi connectivity index (χ0) is 36.3. The lowest BCUT2D eigenvalue weighted by Crippen LogP contribution is -2.66. The number of carbonyl (C=O) groups excluding carboxylic acids is 2. The summed E-state index contributed by atoms with van der Waals surface area (Å²) in [5.41, 5.74) is 0. The molecule has 4 rings (SSSR count). The van der Waals surface area contributed by atoms with Crippen molar-refractivity contribution in [3.05, 3.63) is 0 Å². The van der Waals surface area contributed by atoms with Crippen LogP contribution in [0.1, 0.15) is 20.8 Å². The Labute approximate surface area is 279 Å². The summed E-state index contributed by atoms with van der Waals surface area (Å²) in [5, 5.41) is 85.7. The summed E-state index contributed by atoms with van der Waals surface area (Å²) in [6.07, 6.45) is -27.2. The van der Waals surface area contributed by atoms with Crippen molar-refractivity contribution < 1.29 is 97.9 Å². The largest absolute Gasteiger partial charge is 0.479 e. The molecule has 49 heavy (non-hydrogen) atoms. The molecule has 0 bridgehead atoms. The molecule has 18 atom stereocenters. The Kier molecular flexibility index (Phi) is 13.6. The number of aliphatic hydroxyl groups excluding tert-OH is 7. The van der Waals surface area contributed by atoms with Crippen molar-refractivity contribution in [2.24, 2.45) is 0 Å². The molecule has 9 N–H and O–H groups in total. The highest BCUT2D eigenvalue weighted by atomic mass is 16.8. The first kappa shape index (κ1) is 39.6. The quantitative estimate of drug-likeness (QED) is 0.0850. The predicted molar refractivity (Wildman–Crippen MR) is 152 cm³/mol. The zero-order valence-electron chi connectivity index (χ0n) is 27.0. The number of aliphatic carboxylic acids is 1. The Balaban J connectivity index is 1.63. The van der Waals surface area contributed by atoms with Crippen LogP contribution >= 0.6 is 0 Å². The third kappa shape index (κ3) is 8.83.